The Balaban J connectivity index is 0.00000288. The lowest BCUT2D eigenvalue weighted by atomic mass is 9.83. The lowest BCUT2D eigenvalue weighted by Gasteiger charge is -2.30. The Kier molecular flexibility index (Phi) is 11.0. The normalized spacial score (nSPS) is 21.2. The maximum atomic E-state index is 4.35. The van der Waals surface area contributed by atoms with E-state index in [0.717, 1.165) is 37.8 Å². The number of aliphatic imine (C=N–C) groups is 1. The summed E-state index contributed by atoms with van der Waals surface area (Å²) in [6.07, 6.45) is 13.8. The van der Waals surface area contributed by atoms with Gasteiger partial charge in [-0.05, 0) is 44.4 Å². The van der Waals surface area contributed by atoms with Crippen LogP contribution < -0.4 is 10.6 Å². The van der Waals surface area contributed by atoms with Crippen molar-refractivity contribution in [3.63, 3.8) is 0 Å². The fourth-order valence-electron chi connectivity index (χ4n) is 3.36. The summed E-state index contributed by atoms with van der Waals surface area (Å²) in [7, 11) is 1.86. The maximum Gasteiger partial charge on any atom is 0.191 e. The second kappa shape index (κ2) is 12.5. The summed E-state index contributed by atoms with van der Waals surface area (Å²) >= 11 is 0. The van der Waals surface area contributed by atoms with Gasteiger partial charge in [-0.25, -0.2) is 0 Å². The Morgan fingerprint density at radius 1 is 1.17 bits per heavy atom. The van der Waals surface area contributed by atoms with Gasteiger partial charge in [0.25, 0.3) is 0 Å². The van der Waals surface area contributed by atoms with Gasteiger partial charge in [0.2, 0.25) is 0 Å². The molecule has 0 aliphatic heterocycles. The number of hydrogen-bond donors (Lipinski definition) is 2. The molecule has 1 aliphatic carbocycles. The van der Waals surface area contributed by atoms with Crippen LogP contribution in [0.25, 0.3) is 0 Å². The van der Waals surface area contributed by atoms with Crippen LogP contribution in [0.1, 0.15) is 58.3 Å². The molecule has 7 heteroatoms. The molecule has 0 radical (unpaired) electrons. The van der Waals surface area contributed by atoms with Gasteiger partial charge < -0.3 is 15.2 Å². The van der Waals surface area contributed by atoms with Gasteiger partial charge in [-0.3, -0.25) is 4.99 Å². The van der Waals surface area contributed by atoms with Gasteiger partial charge >= 0.3 is 0 Å². The van der Waals surface area contributed by atoms with Crippen LogP contribution in [0.3, 0.4) is 0 Å². The zero-order chi connectivity index (χ0) is 16.3. The summed E-state index contributed by atoms with van der Waals surface area (Å²) < 4.78 is 2.02. The quantitative estimate of drug-likeness (QED) is 0.278. The minimum Gasteiger partial charge on any atom is -0.356 e. The molecule has 138 valence electrons. The summed E-state index contributed by atoms with van der Waals surface area (Å²) in [6.45, 7) is 4.22. The molecule has 2 N–H and O–H groups in total. The number of halogens is 1. The third-order valence-corrected chi connectivity index (χ3v) is 4.71. The van der Waals surface area contributed by atoms with Crippen molar-refractivity contribution in [2.24, 2.45) is 10.9 Å². The first-order chi connectivity index (χ1) is 11.3. The number of unbranched alkanes of at least 4 members (excludes halogenated alkanes) is 1. The van der Waals surface area contributed by atoms with Gasteiger partial charge in [0.15, 0.2) is 5.96 Å². The molecule has 0 atom stereocenters. The third-order valence-electron chi connectivity index (χ3n) is 4.71. The highest BCUT2D eigenvalue weighted by Crippen LogP contribution is 2.27. The highest BCUT2D eigenvalue weighted by Gasteiger charge is 2.20. The molecule has 1 aromatic heterocycles. The molecule has 0 aromatic carbocycles. The number of hydrogen-bond acceptors (Lipinski definition) is 3. The van der Waals surface area contributed by atoms with Crippen molar-refractivity contribution in [2.75, 3.05) is 13.6 Å². The van der Waals surface area contributed by atoms with Crippen LogP contribution in [0.2, 0.25) is 0 Å². The number of nitrogens with one attached hydrogen (secondary N) is 2. The molecule has 24 heavy (non-hydrogen) atoms. The summed E-state index contributed by atoms with van der Waals surface area (Å²) in [5.74, 6) is 1.90. The van der Waals surface area contributed by atoms with Crippen molar-refractivity contribution in [1.82, 2.24) is 25.4 Å². The van der Waals surface area contributed by atoms with E-state index >= 15 is 0 Å². The van der Waals surface area contributed by atoms with Crippen LogP contribution in [-0.2, 0) is 6.54 Å². The average molecular weight is 448 g/mol. The Morgan fingerprint density at radius 3 is 2.50 bits per heavy atom. The summed E-state index contributed by atoms with van der Waals surface area (Å²) in [6, 6.07) is 0.589. The molecule has 1 aliphatic rings. The molecular formula is C17H33IN6. The summed E-state index contributed by atoms with van der Waals surface area (Å²) in [4.78, 5) is 4.35. The van der Waals surface area contributed by atoms with Gasteiger partial charge in [0.1, 0.15) is 12.7 Å². The molecule has 0 unspecified atom stereocenters. The fraction of sp³-hybridized carbons (Fsp3) is 0.824. The zero-order valence-corrected chi connectivity index (χ0v) is 17.4. The van der Waals surface area contributed by atoms with Crippen LogP contribution >= 0.6 is 24.0 Å². The van der Waals surface area contributed by atoms with Crippen molar-refractivity contribution >= 4 is 29.9 Å². The Labute approximate surface area is 163 Å². The first-order valence-corrected chi connectivity index (χ1v) is 9.11. The van der Waals surface area contributed by atoms with E-state index in [1.165, 1.54) is 38.5 Å². The Hall–Kier alpha value is -0.860. The molecule has 1 aromatic rings. The molecule has 2 rings (SSSR count). The lowest BCUT2D eigenvalue weighted by molar-refractivity contribution is 0.295. The van der Waals surface area contributed by atoms with Crippen molar-refractivity contribution in [2.45, 2.75) is 70.9 Å². The maximum absolute atomic E-state index is 4.35. The second-order valence-corrected chi connectivity index (χ2v) is 6.56. The standard InChI is InChI=1S/C17H32N6.HI/c1-3-6-15-7-9-16(10-8-15)22-17(18-2)19-11-4-5-12-23-13-20-21-14-23;/h13-16H,3-12H2,1-2H3,(H2,18,19,22);1H. The number of rotatable bonds is 8. The molecule has 0 spiro atoms. The van der Waals surface area contributed by atoms with E-state index in [1.807, 2.05) is 11.6 Å². The van der Waals surface area contributed by atoms with Crippen LogP contribution in [-0.4, -0.2) is 40.4 Å². The third kappa shape index (κ3) is 7.81. The second-order valence-electron chi connectivity index (χ2n) is 6.56. The van der Waals surface area contributed by atoms with Gasteiger partial charge in [-0.15, -0.1) is 34.2 Å². The van der Waals surface area contributed by atoms with Gasteiger partial charge in [0, 0.05) is 26.2 Å². The van der Waals surface area contributed by atoms with Crippen LogP contribution in [0, 0.1) is 5.92 Å². The van der Waals surface area contributed by atoms with E-state index in [-0.39, 0.29) is 24.0 Å². The van der Waals surface area contributed by atoms with Gasteiger partial charge in [-0.2, -0.15) is 0 Å². The molecule has 0 amide bonds. The molecular weight excluding hydrogens is 415 g/mol. The molecule has 0 saturated heterocycles. The van der Waals surface area contributed by atoms with Crippen LogP contribution in [0.5, 0.6) is 0 Å². The number of aryl methyl sites for hydroxylation is 1. The monoisotopic (exact) mass is 448 g/mol. The van der Waals surface area contributed by atoms with Crippen molar-refractivity contribution in [3.8, 4) is 0 Å². The fourth-order valence-corrected chi connectivity index (χ4v) is 3.36. The minimum atomic E-state index is 0. The predicted molar refractivity (Wildman–Crippen MR) is 110 cm³/mol. The molecule has 1 saturated carbocycles. The predicted octanol–water partition coefficient (Wildman–Crippen LogP) is 3.20. The van der Waals surface area contributed by atoms with Crippen LogP contribution in [0.4, 0.5) is 0 Å². The summed E-state index contributed by atoms with van der Waals surface area (Å²) in [5.41, 5.74) is 0. The lowest BCUT2D eigenvalue weighted by Crippen LogP contribution is -2.45. The summed E-state index contributed by atoms with van der Waals surface area (Å²) in [5, 5.41) is 14.6. The highest BCUT2D eigenvalue weighted by molar-refractivity contribution is 14.0. The smallest absolute Gasteiger partial charge is 0.191 e. The first-order valence-electron chi connectivity index (χ1n) is 9.11. The zero-order valence-electron chi connectivity index (χ0n) is 15.1. The molecule has 1 heterocycles. The van der Waals surface area contributed by atoms with Crippen molar-refractivity contribution in [1.29, 1.82) is 0 Å². The van der Waals surface area contributed by atoms with Crippen LogP contribution in [0.15, 0.2) is 17.6 Å². The molecule has 0 bridgehead atoms. The van der Waals surface area contributed by atoms with Gasteiger partial charge in [0.05, 0.1) is 0 Å². The van der Waals surface area contributed by atoms with E-state index in [4.69, 9.17) is 0 Å². The Morgan fingerprint density at radius 2 is 1.88 bits per heavy atom. The van der Waals surface area contributed by atoms with E-state index in [1.54, 1.807) is 12.7 Å². The number of aromatic nitrogens is 3. The first kappa shape index (κ1) is 21.2. The van der Waals surface area contributed by atoms with E-state index in [2.05, 4.69) is 32.7 Å². The highest BCUT2D eigenvalue weighted by atomic mass is 127. The topological polar surface area (TPSA) is 67.1 Å². The number of guanidine groups is 1. The SMILES string of the molecule is CCCC1CCC(NC(=NC)NCCCCn2cnnc2)CC1.I. The molecule has 6 nitrogen and oxygen atoms in total. The molecule has 1 fully saturated rings. The largest absolute Gasteiger partial charge is 0.356 e. The average Bonchev–Trinajstić information content (AvgIpc) is 3.09. The van der Waals surface area contributed by atoms with E-state index < -0.39 is 0 Å². The number of nitrogens with zero attached hydrogens (tertiary/aromatic N) is 4. The van der Waals surface area contributed by atoms with Crippen molar-refractivity contribution in [3.05, 3.63) is 12.7 Å². The van der Waals surface area contributed by atoms with E-state index in [0.29, 0.717) is 6.04 Å². The van der Waals surface area contributed by atoms with Crippen molar-refractivity contribution < 1.29 is 0 Å². The van der Waals surface area contributed by atoms with Gasteiger partial charge in [-0.1, -0.05) is 19.8 Å². The Bertz CT molecular complexity index is 440. The minimum absolute atomic E-state index is 0. The van der Waals surface area contributed by atoms with E-state index in [9.17, 15) is 0 Å².